The van der Waals surface area contributed by atoms with Crippen LogP contribution in [-0.2, 0) is 5.41 Å². The number of rotatable bonds is 4. The van der Waals surface area contributed by atoms with Gasteiger partial charge < -0.3 is 10.4 Å². The first-order valence-corrected chi connectivity index (χ1v) is 8.12. The molecule has 0 aliphatic rings. The first kappa shape index (κ1) is 22.3. The minimum Gasteiger partial charge on any atom is -0.411 e. The van der Waals surface area contributed by atoms with Crippen LogP contribution in [0.3, 0.4) is 0 Å². The number of oxime groups is 2. The average molecular weight is 418 g/mol. The van der Waals surface area contributed by atoms with Crippen molar-refractivity contribution in [3.05, 3.63) is 70.8 Å². The van der Waals surface area contributed by atoms with E-state index in [-0.39, 0.29) is 16.8 Å². The molecule has 0 saturated carbocycles. The molecular weight excluding hydrogens is 402 g/mol. The van der Waals surface area contributed by atoms with Gasteiger partial charge in [-0.2, -0.15) is 26.3 Å². The van der Waals surface area contributed by atoms with Crippen LogP contribution in [0.15, 0.2) is 58.8 Å². The lowest BCUT2D eigenvalue weighted by Crippen LogP contribution is -2.40. The monoisotopic (exact) mass is 418 g/mol. The Labute approximate surface area is 161 Å². The van der Waals surface area contributed by atoms with Crippen molar-refractivity contribution < 1.29 is 36.8 Å². The van der Waals surface area contributed by atoms with E-state index in [0.29, 0.717) is 5.56 Å². The van der Waals surface area contributed by atoms with E-state index in [4.69, 9.17) is 10.4 Å². The van der Waals surface area contributed by atoms with Gasteiger partial charge in [-0.1, -0.05) is 58.8 Å². The van der Waals surface area contributed by atoms with Gasteiger partial charge in [0.2, 0.25) is 0 Å². The molecule has 2 aromatic carbocycles. The molecule has 1 atom stereocenters. The standard InChI is InChI=1S/C19H16F6N2O2/c1-11(26-28)12-3-7-14(8-4-12)17(2,19(23,24)25)15-9-5-13(6-10-15)16(27-29)18(20,21)22/h3-10,28-29H,1-2H3/b26-11-,27-16-. The predicted molar refractivity (Wildman–Crippen MR) is 93.8 cm³/mol. The zero-order valence-corrected chi connectivity index (χ0v) is 15.2. The van der Waals surface area contributed by atoms with Gasteiger partial charge >= 0.3 is 12.4 Å². The minimum atomic E-state index is -4.97. The molecule has 0 radical (unpaired) electrons. The highest BCUT2D eigenvalue weighted by atomic mass is 19.4. The highest BCUT2D eigenvalue weighted by Gasteiger charge is 2.53. The number of nitrogens with zero attached hydrogens (tertiary/aromatic N) is 2. The van der Waals surface area contributed by atoms with Gasteiger partial charge in [0.05, 0.1) is 5.71 Å². The van der Waals surface area contributed by atoms with E-state index in [0.717, 1.165) is 31.2 Å². The smallest absolute Gasteiger partial charge is 0.411 e. The highest BCUT2D eigenvalue weighted by molar-refractivity contribution is 6.04. The molecule has 0 spiro atoms. The Morgan fingerprint density at radius 3 is 1.45 bits per heavy atom. The molecule has 4 nitrogen and oxygen atoms in total. The van der Waals surface area contributed by atoms with Crippen molar-refractivity contribution in [1.29, 1.82) is 0 Å². The molecule has 2 aromatic rings. The Balaban J connectivity index is 2.56. The molecule has 0 heterocycles. The van der Waals surface area contributed by atoms with Gasteiger partial charge in [0.1, 0.15) is 5.41 Å². The van der Waals surface area contributed by atoms with E-state index in [9.17, 15) is 26.3 Å². The van der Waals surface area contributed by atoms with Crippen LogP contribution in [0.1, 0.15) is 36.1 Å². The summed E-state index contributed by atoms with van der Waals surface area (Å²) in [6, 6.07) is 8.58. The number of hydrogen-bond acceptors (Lipinski definition) is 4. The molecule has 2 N–H and O–H groups in total. The van der Waals surface area contributed by atoms with Gasteiger partial charge in [-0.05, 0) is 30.5 Å². The summed E-state index contributed by atoms with van der Waals surface area (Å²) in [4.78, 5) is 0. The molecule has 29 heavy (non-hydrogen) atoms. The molecule has 0 bridgehead atoms. The van der Waals surface area contributed by atoms with E-state index >= 15 is 0 Å². The van der Waals surface area contributed by atoms with E-state index in [1.807, 2.05) is 0 Å². The van der Waals surface area contributed by atoms with E-state index in [1.54, 1.807) is 0 Å². The third kappa shape index (κ3) is 4.20. The van der Waals surface area contributed by atoms with Crippen LogP contribution in [0.5, 0.6) is 0 Å². The first-order valence-electron chi connectivity index (χ1n) is 8.12. The van der Waals surface area contributed by atoms with Crippen LogP contribution >= 0.6 is 0 Å². The summed E-state index contributed by atoms with van der Waals surface area (Å²) in [5.74, 6) is 0. The Kier molecular flexibility index (Phi) is 5.96. The zero-order valence-electron chi connectivity index (χ0n) is 15.2. The summed E-state index contributed by atoms with van der Waals surface area (Å²) in [6.07, 6.45) is -9.74. The molecule has 0 aromatic heterocycles. The zero-order chi connectivity index (χ0) is 22.0. The molecule has 2 rings (SSSR count). The average Bonchev–Trinajstić information content (AvgIpc) is 2.66. The molecule has 0 fully saturated rings. The van der Waals surface area contributed by atoms with Crippen molar-refractivity contribution in [2.75, 3.05) is 0 Å². The van der Waals surface area contributed by atoms with E-state index < -0.39 is 29.0 Å². The topological polar surface area (TPSA) is 65.2 Å². The molecule has 0 amide bonds. The third-order valence-electron chi connectivity index (χ3n) is 4.70. The molecular formula is C19H16F6N2O2. The maximum atomic E-state index is 14.0. The maximum absolute atomic E-state index is 14.0. The van der Waals surface area contributed by atoms with Crippen molar-refractivity contribution in [2.24, 2.45) is 10.3 Å². The van der Waals surface area contributed by atoms with Crippen molar-refractivity contribution in [3.63, 3.8) is 0 Å². The largest absolute Gasteiger partial charge is 0.437 e. The highest BCUT2D eigenvalue weighted by Crippen LogP contribution is 2.46. The predicted octanol–water partition coefficient (Wildman–Crippen LogP) is 5.49. The second-order valence-corrected chi connectivity index (χ2v) is 6.41. The SMILES string of the molecule is C/C(=N/O)c1ccc(C(C)(c2ccc(/C(=N/O)C(F)(F)F)cc2)C(F)(F)F)cc1. The Hall–Kier alpha value is -3.04. The van der Waals surface area contributed by atoms with Crippen LogP contribution in [-0.4, -0.2) is 34.2 Å². The van der Waals surface area contributed by atoms with Gasteiger partial charge in [0, 0.05) is 5.56 Å². The summed E-state index contributed by atoms with van der Waals surface area (Å²) < 4.78 is 80.5. The number of hydrogen-bond donors (Lipinski definition) is 2. The minimum absolute atomic E-state index is 0.154. The summed E-state index contributed by atoms with van der Waals surface area (Å²) >= 11 is 0. The summed E-state index contributed by atoms with van der Waals surface area (Å²) in [7, 11) is 0. The maximum Gasteiger partial charge on any atom is 0.437 e. The van der Waals surface area contributed by atoms with Crippen LogP contribution in [0, 0.1) is 0 Å². The summed E-state index contributed by atoms with van der Waals surface area (Å²) in [5, 5.41) is 22.6. The Morgan fingerprint density at radius 1 is 0.724 bits per heavy atom. The van der Waals surface area contributed by atoms with E-state index in [1.165, 1.54) is 31.2 Å². The molecule has 0 saturated heterocycles. The molecule has 1 unspecified atom stereocenters. The Morgan fingerprint density at radius 2 is 1.14 bits per heavy atom. The van der Waals surface area contributed by atoms with Crippen LogP contribution < -0.4 is 0 Å². The fourth-order valence-electron chi connectivity index (χ4n) is 2.84. The lowest BCUT2D eigenvalue weighted by Gasteiger charge is -2.33. The quantitative estimate of drug-likeness (QED) is 0.298. The van der Waals surface area contributed by atoms with Crippen LogP contribution in [0.25, 0.3) is 0 Å². The van der Waals surface area contributed by atoms with Gasteiger partial charge in [-0.15, -0.1) is 0 Å². The number of halogens is 6. The molecule has 156 valence electrons. The van der Waals surface area contributed by atoms with Crippen LogP contribution in [0.4, 0.5) is 26.3 Å². The number of alkyl halides is 6. The van der Waals surface area contributed by atoms with E-state index in [2.05, 4.69) is 10.3 Å². The summed E-state index contributed by atoms with van der Waals surface area (Å²) in [5.41, 5.74) is -4.54. The van der Waals surface area contributed by atoms with Crippen molar-refractivity contribution in [3.8, 4) is 0 Å². The lowest BCUT2D eigenvalue weighted by atomic mass is 9.75. The fourth-order valence-corrected chi connectivity index (χ4v) is 2.84. The lowest BCUT2D eigenvalue weighted by molar-refractivity contribution is -0.173. The normalized spacial score (nSPS) is 15.9. The van der Waals surface area contributed by atoms with Crippen molar-refractivity contribution in [1.82, 2.24) is 0 Å². The molecule has 10 heteroatoms. The number of benzene rings is 2. The second-order valence-electron chi connectivity index (χ2n) is 6.41. The summed E-state index contributed by atoms with van der Waals surface area (Å²) in [6.45, 7) is 2.38. The molecule has 0 aliphatic heterocycles. The van der Waals surface area contributed by atoms with Gasteiger partial charge in [-0.25, -0.2) is 0 Å². The van der Waals surface area contributed by atoms with Gasteiger partial charge in [0.15, 0.2) is 5.71 Å². The fraction of sp³-hybridized carbons (Fsp3) is 0.263. The van der Waals surface area contributed by atoms with Gasteiger partial charge in [-0.3, -0.25) is 0 Å². The third-order valence-corrected chi connectivity index (χ3v) is 4.70. The molecule has 0 aliphatic carbocycles. The van der Waals surface area contributed by atoms with Crippen LogP contribution in [0.2, 0.25) is 0 Å². The van der Waals surface area contributed by atoms with Crippen molar-refractivity contribution in [2.45, 2.75) is 31.6 Å². The second kappa shape index (κ2) is 7.76. The Bertz CT molecular complexity index is 916. The van der Waals surface area contributed by atoms with Crippen molar-refractivity contribution >= 4 is 11.4 Å². The van der Waals surface area contributed by atoms with Gasteiger partial charge in [0.25, 0.3) is 0 Å². The first-order chi connectivity index (χ1) is 13.4.